The molecule has 1 heterocycles. The van der Waals surface area contributed by atoms with Crippen LogP contribution in [-0.2, 0) is 6.54 Å². The molecule has 0 bridgehead atoms. The molecule has 0 radical (unpaired) electrons. The first-order valence-electron chi connectivity index (χ1n) is 5.34. The number of aryl methyl sites for hydroxylation is 1. The van der Waals surface area contributed by atoms with Crippen LogP contribution < -0.4 is 11.1 Å². The van der Waals surface area contributed by atoms with Crippen LogP contribution in [0.5, 0.6) is 0 Å². The van der Waals surface area contributed by atoms with Gasteiger partial charge >= 0.3 is 0 Å². The molecule has 88 valence electrons. The Kier molecular flexibility index (Phi) is 3.76. The minimum absolute atomic E-state index is 0.433. The van der Waals surface area contributed by atoms with Crippen LogP contribution in [0.1, 0.15) is 16.0 Å². The number of benzene rings is 1. The number of hydrogen-bond acceptors (Lipinski definition) is 3. The second-order valence-corrected chi connectivity index (χ2v) is 5.27. The number of nitrogens with two attached hydrogens (primary N) is 1. The van der Waals surface area contributed by atoms with Crippen molar-refractivity contribution >= 4 is 34.2 Å². The number of hydrogen-bond donors (Lipinski definition) is 2. The van der Waals surface area contributed by atoms with Crippen LogP contribution in [0.2, 0.25) is 0 Å². The van der Waals surface area contributed by atoms with Crippen molar-refractivity contribution in [3.8, 4) is 0 Å². The Bertz CT molecular complexity index is 518. The van der Waals surface area contributed by atoms with Crippen LogP contribution in [0.15, 0.2) is 35.7 Å². The zero-order valence-electron chi connectivity index (χ0n) is 9.57. The number of thiophene rings is 1. The van der Waals surface area contributed by atoms with E-state index in [1.165, 1.54) is 4.88 Å². The lowest BCUT2D eigenvalue weighted by atomic mass is 10.1. The molecule has 0 aliphatic heterocycles. The van der Waals surface area contributed by atoms with E-state index in [9.17, 15) is 0 Å². The summed E-state index contributed by atoms with van der Waals surface area (Å²) in [6, 6.07) is 10.1. The van der Waals surface area contributed by atoms with E-state index in [1.54, 1.807) is 11.3 Å². The molecule has 0 spiro atoms. The van der Waals surface area contributed by atoms with Gasteiger partial charge in [-0.3, -0.25) is 0 Å². The SMILES string of the molecule is Cc1cccc(C(N)=S)c1NCc1cccs1. The molecule has 0 saturated heterocycles. The molecule has 2 nitrogen and oxygen atoms in total. The molecule has 0 fully saturated rings. The first kappa shape index (κ1) is 12.1. The Labute approximate surface area is 110 Å². The third-order valence-electron chi connectivity index (χ3n) is 2.56. The molecule has 0 atom stereocenters. The summed E-state index contributed by atoms with van der Waals surface area (Å²) in [4.78, 5) is 1.73. The van der Waals surface area contributed by atoms with Gasteiger partial charge in [0.25, 0.3) is 0 Å². The largest absolute Gasteiger partial charge is 0.389 e. The third-order valence-corrected chi connectivity index (χ3v) is 3.65. The maximum absolute atomic E-state index is 5.73. The average molecular weight is 262 g/mol. The van der Waals surface area contributed by atoms with Crippen molar-refractivity contribution in [2.75, 3.05) is 5.32 Å². The molecule has 0 aliphatic carbocycles. The molecular formula is C13H14N2S2. The molecule has 0 aliphatic rings. The van der Waals surface area contributed by atoms with Crippen molar-refractivity contribution in [2.24, 2.45) is 5.73 Å². The van der Waals surface area contributed by atoms with Crippen LogP contribution in [0.25, 0.3) is 0 Å². The number of rotatable bonds is 4. The molecule has 4 heteroatoms. The third kappa shape index (κ3) is 2.84. The van der Waals surface area contributed by atoms with E-state index in [1.807, 2.05) is 18.2 Å². The summed E-state index contributed by atoms with van der Waals surface area (Å²) in [6.45, 7) is 2.86. The minimum atomic E-state index is 0.433. The molecule has 1 aromatic carbocycles. The van der Waals surface area contributed by atoms with Crippen molar-refractivity contribution in [3.05, 3.63) is 51.7 Å². The first-order valence-corrected chi connectivity index (χ1v) is 6.63. The molecule has 0 amide bonds. The summed E-state index contributed by atoms with van der Waals surface area (Å²) in [5, 5.41) is 5.48. The standard InChI is InChI=1S/C13H14N2S2/c1-9-4-2-6-11(13(14)16)12(9)15-8-10-5-3-7-17-10/h2-7,15H,8H2,1H3,(H2,14,16). The molecule has 2 rings (SSSR count). The van der Waals surface area contributed by atoms with E-state index in [0.717, 1.165) is 23.4 Å². The van der Waals surface area contributed by atoms with Crippen LogP contribution in [-0.4, -0.2) is 4.99 Å². The average Bonchev–Trinajstić information content (AvgIpc) is 2.80. The van der Waals surface area contributed by atoms with Gasteiger partial charge in [-0.15, -0.1) is 11.3 Å². The molecule has 0 saturated carbocycles. The predicted molar refractivity (Wildman–Crippen MR) is 78.7 cm³/mol. The lowest BCUT2D eigenvalue weighted by molar-refractivity contribution is 1.18. The molecular weight excluding hydrogens is 248 g/mol. The number of anilines is 1. The minimum Gasteiger partial charge on any atom is -0.389 e. The van der Waals surface area contributed by atoms with E-state index in [0.29, 0.717) is 4.99 Å². The topological polar surface area (TPSA) is 38.0 Å². The highest BCUT2D eigenvalue weighted by atomic mass is 32.1. The maximum Gasteiger partial charge on any atom is 0.106 e. The molecule has 3 N–H and O–H groups in total. The highest BCUT2D eigenvalue weighted by Gasteiger charge is 2.07. The Morgan fingerprint density at radius 3 is 2.82 bits per heavy atom. The smallest absolute Gasteiger partial charge is 0.106 e. The highest BCUT2D eigenvalue weighted by Crippen LogP contribution is 2.22. The monoisotopic (exact) mass is 262 g/mol. The quantitative estimate of drug-likeness (QED) is 0.830. The summed E-state index contributed by atoms with van der Waals surface area (Å²) in [5.74, 6) is 0. The van der Waals surface area contributed by atoms with Crippen LogP contribution in [0.3, 0.4) is 0 Å². The second kappa shape index (κ2) is 5.29. The normalized spacial score (nSPS) is 10.2. The number of nitrogens with one attached hydrogen (secondary N) is 1. The summed E-state index contributed by atoms with van der Waals surface area (Å²) < 4.78 is 0. The van der Waals surface area contributed by atoms with E-state index in [4.69, 9.17) is 18.0 Å². The van der Waals surface area contributed by atoms with Crippen molar-refractivity contribution in [1.82, 2.24) is 0 Å². The maximum atomic E-state index is 5.73. The van der Waals surface area contributed by atoms with E-state index < -0.39 is 0 Å². The number of thiocarbonyl (C=S) groups is 1. The second-order valence-electron chi connectivity index (χ2n) is 3.79. The lowest BCUT2D eigenvalue weighted by Gasteiger charge is -2.13. The summed E-state index contributed by atoms with van der Waals surface area (Å²) in [7, 11) is 0. The van der Waals surface area contributed by atoms with Gasteiger partial charge in [-0.25, -0.2) is 0 Å². The van der Waals surface area contributed by atoms with E-state index >= 15 is 0 Å². The molecule has 1 aromatic heterocycles. The highest BCUT2D eigenvalue weighted by molar-refractivity contribution is 7.80. The lowest BCUT2D eigenvalue weighted by Crippen LogP contribution is -2.13. The van der Waals surface area contributed by atoms with Gasteiger partial charge in [0.05, 0.1) is 0 Å². The van der Waals surface area contributed by atoms with Crippen LogP contribution in [0, 0.1) is 6.92 Å². The van der Waals surface area contributed by atoms with Crippen molar-refractivity contribution in [1.29, 1.82) is 0 Å². The van der Waals surface area contributed by atoms with Gasteiger partial charge in [0, 0.05) is 22.7 Å². The van der Waals surface area contributed by atoms with Gasteiger partial charge in [-0.2, -0.15) is 0 Å². The van der Waals surface area contributed by atoms with Gasteiger partial charge in [-0.05, 0) is 30.0 Å². The van der Waals surface area contributed by atoms with Crippen molar-refractivity contribution < 1.29 is 0 Å². The first-order chi connectivity index (χ1) is 8.18. The van der Waals surface area contributed by atoms with E-state index in [2.05, 4.69) is 29.8 Å². The van der Waals surface area contributed by atoms with Gasteiger partial charge < -0.3 is 11.1 Å². The summed E-state index contributed by atoms with van der Waals surface area (Å²) >= 11 is 6.80. The summed E-state index contributed by atoms with van der Waals surface area (Å²) in [5.41, 5.74) is 8.83. The van der Waals surface area contributed by atoms with Gasteiger partial charge in [-0.1, -0.05) is 30.4 Å². The Morgan fingerprint density at radius 1 is 1.35 bits per heavy atom. The van der Waals surface area contributed by atoms with Crippen LogP contribution in [0.4, 0.5) is 5.69 Å². The van der Waals surface area contributed by atoms with Gasteiger partial charge in [0.2, 0.25) is 0 Å². The zero-order chi connectivity index (χ0) is 12.3. The van der Waals surface area contributed by atoms with Gasteiger partial charge in [0.15, 0.2) is 0 Å². The fourth-order valence-electron chi connectivity index (χ4n) is 1.70. The summed E-state index contributed by atoms with van der Waals surface area (Å²) in [6.07, 6.45) is 0. The predicted octanol–water partition coefficient (Wildman–Crippen LogP) is 3.30. The fraction of sp³-hybridized carbons (Fsp3) is 0.154. The van der Waals surface area contributed by atoms with E-state index in [-0.39, 0.29) is 0 Å². The Hall–Kier alpha value is -1.39. The Morgan fingerprint density at radius 2 is 2.18 bits per heavy atom. The fourth-order valence-corrected chi connectivity index (χ4v) is 2.51. The van der Waals surface area contributed by atoms with Crippen molar-refractivity contribution in [3.63, 3.8) is 0 Å². The molecule has 2 aromatic rings. The van der Waals surface area contributed by atoms with Gasteiger partial charge in [0.1, 0.15) is 4.99 Å². The van der Waals surface area contributed by atoms with Crippen LogP contribution >= 0.6 is 23.6 Å². The molecule has 0 unspecified atom stereocenters. The zero-order valence-corrected chi connectivity index (χ0v) is 11.2. The number of para-hydroxylation sites is 1. The van der Waals surface area contributed by atoms with Crippen molar-refractivity contribution in [2.45, 2.75) is 13.5 Å². The molecule has 17 heavy (non-hydrogen) atoms. The Balaban J connectivity index is 2.22.